The van der Waals surface area contributed by atoms with Crippen LogP contribution in [-0.4, -0.2) is 12.7 Å². The second-order valence-electron chi connectivity index (χ2n) is 4.10. The van der Waals surface area contributed by atoms with Gasteiger partial charge in [-0.25, -0.2) is 4.79 Å². The molecule has 1 aromatic carbocycles. The monoisotopic (exact) mass is 285 g/mol. The van der Waals surface area contributed by atoms with Crippen molar-refractivity contribution in [1.29, 1.82) is 0 Å². The Morgan fingerprint density at radius 2 is 2.19 bits per heavy atom. The maximum atomic E-state index is 11.4. The Kier molecular flexibility index (Phi) is 4.80. The van der Waals surface area contributed by atoms with E-state index in [1.807, 2.05) is 39.0 Å². The topological polar surface area (TPSA) is 38.3 Å². The number of amides is 1. The summed E-state index contributed by atoms with van der Waals surface area (Å²) in [5, 5.41) is 2.70. The minimum Gasteiger partial charge on any atom is -0.449 e. The molecule has 0 aliphatic heterocycles. The van der Waals surface area contributed by atoms with E-state index >= 15 is 0 Å². The Morgan fingerprint density at radius 3 is 2.81 bits per heavy atom. The SMILES string of the molecule is Cc1ccc(Br)c(NC(=O)OCC(C)C)c1. The number of halogens is 1. The summed E-state index contributed by atoms with van der Waals surface area (Å²) in [6.07, 6.45) is -0.417. The molecule has 0 saturated heterocycles. The summed E-state index contributed by atoms with van der Waals surface area (Å²) >= 11 is 3.37. The average Bonchev–Trinajstić information content (AvgIpc) is 2.20. The molecule has 0 bridgehead atoms. The number of carbonyl (C=O) groups is 1. The van der Waals surface area contributed by atoms with Crippen molar-refractivity contribution in [3.8, 4) is 0 Å². The van der Waals surface area contributed by atoms with Crippen LogP contribution in [0.4, 0.5) is 10.5 Å². The largest absolute Gasteiger partial charge is 0.449 e. The van der Waals surface area contributed by atoms with Crippen LogP contribution in [0.5, 0.6) is 0 Å². The molecule has 0 radical (unpaired) electrons. The molecule has 0 aliphatic carbocycles. The van der Waals surface area contributed by atoms with Gasteiger partial charge in [0.1, 0.15) is 0 Å². The highest BCUT2D eigenvalue weighted by atomic mass is 79.9. The Morgan fingerprint density at radius 1 is 1.50 bits per heavy atom. The summed E-state index contributed by atoms with van der Waals surface area (Å²) in [7, 11) is 0. The van der Waals surface area contributed by atoms with Gasteiger partial charge in [-0.2, -0.15) is 0 Å². The molecule has 1 aromatic rings. The summed E-state index contributed by atoms with van der Waals surface area (Å²) in [6, 6.07) is 5.75. The molecule has 0 atom stereocenters. The molecule has 88 valence electrons. The van der Waals surface area contributed by atoms with E-state index in [0.29, 0.717) is 12.5 Å². The molecule has 4 heteroatoms. The average molecular weight is 286 g/mol. The molecule has 0 saturated carbocycles. The molecule has 0 spiro atoms. The van der Waals surface area contributed by atoms with Crippen LogP contribution in [0, 0.1) is 12.8 Å². The number of hydrogen-bond acceptors (Lipinski definition) is 2. The summed E-state index contributed by atoms with van der Waals surface area (Å²) in [5.41, 5.74) is 1.82. The van der Waals surface area contributed by atoms with Crippen molar-refractivity contribution in [3.05, 3.63) is 28.2 Å². The number of aryl methyl sites for hydroxylation is 1. The van der Waals surface area contributed by atoms with E-state index < -0.39 is 6.09 Å². The zero-order valence-electron chi connectivity index (χ0n) is 9.71. The van der Waals surface area contributed by atoms with Crippen molar-refractivity contribution < 1.29 is 9.53 Å². The lowest BCUT2D eigenvalue weighted by molar-refractivity contribution is 0.147. The van der Waals surface area contributed by atoms with Crippen LogP contribution >= 0.6 is 15.9 Å². The lowest BCUT2D eigenvalue weighted by Gasteiger charge is -2.10. The third-order valence-electron chi connectivity index (χ3n) is 1.91. The van der Waals surface area contributed by atoms with Gasteiger partial charge in [-0.15, -0.1) is 0 Å². The zero-order chi connectivity index (χ0) is 12.1. The molecular formula is C12H16BrNO2. The van der Waals surface area contributed by atoms with Crippen LogP contribution in [-0.2, 0) is 4.74 Å². The molecular weight excluding hydrogens is 270 g/mol. The van der Waals surface area contributed by atoms with E-state index in [9.17, 15) is 4.79 Å². The molecule has 16 heavy (non-hydrogen) atoms. The van der Waals surface area contributed by atoms with E-state index in [4.69, 9.17) is 4.74 Å². The first kappa shape index (κ1) is 13.0. The molecule has 1 rings (SSSR count). The molecule has 0 heterocycles. The predicted octanol–water partition coefficient (Wildman–Crippen LogP) is 3.96. The number of ether oxygens (including phenoxy) is 1. The lowest BCUT2D eigenvalue weighted by Crippen LogP contribution is -2.16. The van der Waals surface area contributed by atoms with Gasteiger partial charge in [0.15, 0.2) is 0 Å². The molecule has 3 nitrogen and oxygen atoms in total. The summed E-state index contributed by atoms with van der Waals surface area (Å²) in [5.74, 6) is 0.340. The van der Waals surface area contributed by atoms with E-state index in [-0.39, 0.29) is 0 Å². The number of anilines is 1. The van der Waals surface area contributed by atoms with Gasteiger partial charge in [-0.1, -0.05) is 19.9 Å². The van der Waals surface area contributed by atoms with Crippen LogP contribution in [0.3, 0.4) is 0 Å². The first-order valence-electron chi connectivity index (χ1n) is 5.19. The van der Waals surface area contributed by atoms with Crippen LogP contribution in [0.15, 0.2) is 22.7 Å². The van der Waals surface area contributed by atoms with Crippen LogP contribution in [0.2, 0.25) is 0 Å². The van der Waals surface area contributed by atoms with Crippen molar-refractivity contribution in [2.24, 2.45) is 5.92 Å². The van der Waals surface area contributed by atoms with Gasteiger partial charge >= 0.3 is 6.09 Å². The fourth-order valence-electron chi connectivity index (χ4n) is 1.12. The Bertz CT molecular complexity index is 377. The van der Waals surface area contributed by atoms with Gasteiger partial charge in [0.25, 0.3) is 0 Å². The number of carbonyl (C=O) groups excluding carboxylic acids is 1. The molecule has 1 N–H and O–H groups in total. The quantitative estimate of drug-likeness (QED) is 0.913. The van der Waals surface area contributed by atoms with Gasteiger partial charge in [-0.05, 0) is 46.5 Å². The number of hydrogen-bond donors (Lipinski definition) is 1. The summed E-state index contributed by atoms with van der Waals surface area (Å²) in [6.45, 7) is 6.39. The van der Waals surface area contributed by atoms with Gasteiger partial charge in [-0.3, -0.25) is 5.32 Å². The predicted molar refractivity (Wildman–Crippen MR) is 68.7 cm³/mol. The van der Waals surface area contributed by atoms with E-state index in [2.05, 4.69) is 21.2 Å². The van der Waals surface area contributed by atoms with Gasteiger partial charge < -0.3 is 4.74 Å². The number of nitrogens with one attached hydrogen (secondary N) is 1. The second-order valence-corrected chi connectivity index (χ2v) is 4.95. The van der Waals surface area contributed by atoms with Crippen molar-refractivity contribution in [1.82, 2.24) is 0 Å². The Hall–Kier alpha value is -1.03. The van der Waals surface area contributed by atoms with Crippen molar-refractivity contribution >= 4 is 27.7 Å². The van der Waals surface area contributed by atoms with E-state index in [1.54, 1.807) is 0 Å². The van der Waals surface area contributed by atoms with E-state index in [0.717, 1.165) is 15.7 Å². The fraction of sp³-hybridized carbons (Fsp3) is 0.417. The van der Waals surface area contributed by atoms with Gasteiger partial charge in [0, 0.05) is 4.47 Å². The first-order chi connectivity index (χ1) is 7.49. The highest BCUT2D eigenvalue weighted by molar-refractivity contribution is 9.10. The molecule has 0 unspecified atom stereocenters. The van der Waals surface area contributed by atoms with Crippen molar-refractivity contribution in [3.63, 3.8) is 0 Å². The maximum Gasteiger partial charge on any atom is 0.411 e. The fourth-order valence-corrected chi connectivity index (χ4v) is 1.47. The minimum absolute atomic E-state index is 0.340. The highest BCUT2D eigenvalue weighted by Gasteiger charge is 2.07. The molecule has 0 aromatic heterocycles. The van der Waals surface area contributed by atoms with Crippen LogP contribution in [0.25, 0.3) is 0 Å². The Labute approximate surface area is 104 Å². The lowest BCUT2D eigenvalue weighted by atomic mass is 10.2. The number of benzene rings is 1. The molecule has 0 fully saturated rings. The van der Waals surface area contributed by atoms with Gasteiger partial charge in [0.05, 0.1) is 12.3 Å². The smallest absolute Gasteiger partial charge is 0.411 e. The standard InChI is InChI=1S/C12H16BrNO2/c1-8(2)7-16-12(15)14-11-6-9(3)4-5-10(11)13/h4-6,8H,7H2,1-3H3,(H,14,15). The highest BCUT2D eigenvalue weighted by Crippen LogP contribution is 2.23. The third kappa shape index (κ3) is 4.23. The number of rotatable bonds is 3. The Balaban J connectivity index is 2.59. The maximum absolute atomic E-state index is 11.4. The van der Waals surface area contributed by atoms with Crippen LogP contribution in [0.1, 0.15) is 19.4 Å². The summed E-state index contributed by atoms with van der Waals surface area (Å²) in [4.78, 5) is 11.4. The van der Waals surface area contributed by atoms with Gasteiger partial charge in [0.2, 0.25) is 0 Å². The zero-order valence-corrected chi connectivity index (χ0v) is 11.3. The van der Waals surface area contributed by atoms with Crippen LogP contribution < -0.4 is 5.32 Å². The normalized spacial score (nSPS) is 10.3. The minimum atomic E-state index is -0.417. The van der Waals surface area contributed by atoms with E-state index in [1.165, 1.54) is 0 Å². The summed E-state index contributed by atoms with van der Waals surface area (Å²) < 4.78 is 5.88. The second kappa shape index (κ2) is 5.89. The molecule has 1 amide bonds. The first-order valence-corrected chi connectivity index (χ1v) is 5.98. The van der Waals surface area contributed by atoms with Crippen molar-refractivity contribution in [2.75, 3.05) is 11.9 Å². The molecule has 0 aliphatic rings. The van der Waals surface area contributed by atoms with Crippen molar-refractivity contribution in [2.45, 2.75) is 20.8 Å². The third-order valence-corrected chi connectivity index (χ3v) is 2.60.